The molecule has 1 N–H and O–H groups in total. The average molecular weight is 250 g/mol. The van der Waals surface area contributed by atoms with Gasteiger partial charge in [-0.05, 0) is 18.1 Å². The van der Waals surface area contributed by atoms with Crippen LogP contribution in [0.4, 0.5) is 0 Å². The lowest BCUT2D eigenvalue weighted by molar-refractivity contribution is 0.498. The quantitative estimate of drug-likeness (QED) is 0.885. The largest absolute Gasteiger partial charge is 0.461 e. The molecule has 0 aliphatic carbocycles. The summed E-state index contributed by atoms with van der Waals surface area (Å²) in [5.41, 5.74) is 3.44. The first-order chi connectivity index (χ1) is 8.25. The minimum atomic E-state index is 0.428. The Morgan fingerprint density at radius 2 is 2.41 bits per heavy atom. The number of aromatic nitrogens is 3. The molecular weight excluding hydrogens is 236 g/mol. The summed E-state index contributed by atoms with van der Waals surface area (Å²) in [6.07, 6.45) is 1.65. The Hall–Kier alpha value is -1.43. The Labute approximate surface area is 104 Å². The van der Waals surface area contributed by atoms with Gasteiger partial charge in [0.05, 0.1) is 12.3 Å². The third kappa shape index (κ3) is 1.82. The lowest BCUT2D eigenvalue weighted by Gasteiger charge is -2.28. The van der Waals surface area contributed by atoms with Gasteiger partial charge >= 0.3 is 0 Å². The van der Waals surface area contributed by atoms with Gasteiger partial charge in [0.15, 0.2) is 5.76 Å². The number of nitrogens with one attached hydrogen (secondary N) is 1. The van der Waals surface area contributed by atoms with E-state index in [4.69, 9.17) is 4.42 Å². The molecule has 0 radical (unpaired) electrons. The van der Waals surface area contributed by atoms with Crippen LogP contribution in [-0.4, -0.2) is 26.7 Å². The zero-order chi connectivity index (χ0) is 11.8. The zero-order valence-corrected chi connectivity index (χ0v) is 10.6. The van der Waals surface area contributed by atoms with Crippen molar-refractivity contribution in [2.24, 2.45) is 5.92 Å². The monoisotopic (exact) mass is 250 g/mol. The SMILES string of the molecule is CC(C)C1CSc2nnc(-c3ccco3)n2N1. The highest BCUT2D eigenvalue weighted by molar-refractivity contribution is 7.99. The highest BCUT2D eigenvalue weighted by Crippen LogP contribution is 2.28. The molecule has 17 heavy (non-hydrogen) atoms. The highest BCUT2D eigenvalue weighted by Gasteiger charge is 2.26. The molecule has 3 rings (SSSR count). The number of fused-ring (bicyclic) bond motifs is 1. The Kier molecular flexibility index (Phi) is 2.58. The maximum Gasteiger partial charge on any atom is 0.219 e. The van der Waals surface area contributed by atoms with Gasteiger partial charge in [-0.25, -0.2) is 4.68 Å². The predicted molar refractivity (Wildman–Crippen MR) is 66.4 cm³/mol. The van der Waals surface area contributed by atoms with Crippen molar-refractivity contribution in [2.75, 3.05) is 11.2 Å². The van der Waals surface area contributed by atoms with Crippen LogP contribution in [0.1, 0.15) is 13.8 Å². The second kappa shape index (κ2) is 4.10. The van der Waals surface area contributed by atoms with Crippen LogP contribution in [0, 0.1) is 5.92 Å². The van der Waals surface area contributed by atoms with Crippen molar-refractivity contribution >= 4 is 11.8 Å². The maximum atomic E-state index is 5.37. The fourth-order valence-electron chi connectivity index (χ4n) is 1.75. The number of rotatable bonds is 2. The molecule has 5 nitrogen and oxygen atoms in total. The van der Waals surface area contributed by atoms with Crippen molar-refractivity contribution in [2.45, 2.75) is 25.0 Å². The van der Waals surface area contributed by atoms with Gasteiger partial charge < -0.3 is 9.84 Å². The van der Waals surface area contributed by atoms with E-state index in [-0.39, 0.29) is 0 Å². The van der Waals surface area contributed by atoms with E-state index in [0.29, 0.717) is 12.0 Å². The fraction of sp³-hybridized carbons (Fsp3) is 0.455. The van der Waals surface area contributed by atoms with E-state index in [2.05, 4.69) is 29.5 Å². The average Bonchev–Trinajstić information content (AvgIpc) is 2.96. The molecule has 0 bridgehead atoms. The van der Waals surface area contributed by atoms with E-state index in [1.165, 1.54) is 0 Å². The molecule has 1 atom stereocenters. The molecule has 0 fully saturated rings. The number of nitrogens with zero attached hydrogens (tertiary/aromatic N) is 3. The third-order valence-electron chi connectivity index (χ3n) is 2.87. The van der Waals surface area contributed by atoms with Crippen LogP contribution in [0.25, 0.3) is 11.6 Å². The van der Waals surface area contributed by atoms with E-state index in [9.17, 15) is 0 Å². The predicted octanol–water partition coefficient (Wildman–Crippen LogP) is 2.21. The van der Waals surface area contributed by atoms with Gasteiger partial charge in [-0.1, -0.05) is 25.6 Å². The maximum absolute atomic E-state index is 5.37. The Balaban J connectivity index is 1.97. The van der Waals surface area contributed by atoms with Crippen molar-refractivity contribution in [1.82, 2.24) is 14.9 Å². The van der Waals surface area contributed by atoms with Crippen LogP contribution in [0.2, 0.25) is 0 Å². The lowest BCUT2D eigenvalue weighted by atomic mass is 10.1. The summed E-state index contributed by atoms with van der Waals surface area (Å²) >= 11 is 1.73. The van der Waals surface area contributed by atoms with E-state index < -0.39 is 0 Å². The van der Waals surface area contributed by atoms with Crippen LogP contribution in [0.5, 0.6) is 0 Å². The second-order valence-corrected chi connectivity index (χ2v) is 5.40. The molecule has 0 saturated carbocycles. The van der Waals surface area contributed by atoms with Gasteiger partial charge in [0.25, 0.3) is 0 Å². The van der Waals surface area contributed by atoms with Gasteiger partial charge in [0.2, 0.25) is 11.0 Å². The van der Waals surface area contributed by atoms with Crippen molar-refractivity contribution < 1.29 is 4.42 Å². The van der Waals surface area contributed by atoms with E-state index >= 15 is 0 Å². The Morgan fingerprint density at radius 1 is 1.53 bits per heavy atom. The molecule has 6 heteroatoms. The normalized spacial score (nSPS) is 19.1. The van der Waals surface area contributed by atoms with Gasteiger partial charge in [-0.3, -0.25) is 0 Å². The van der Waals surface area contributed by atoms with Crippen molar-refractivity contribution in [3.05, 3.63) is 18.4 Å². The summed E-state index contributed by atoms with van der Waals surface area (Å²) in [6, 6.07) is 4.17. The smallest absolute Gasteiger partial charge is 0.219 e. The number of furan rings is 1. The molecule has 0 spiro atoms. The van der Waals surface area contributed by atoms with Crippen LogP contribution in [0.3, 0.4) is 0 Å². The Morgan fingerprint density at radius 3 is 3.12 bits per heavy atom. The first-order valence-corrected chi connectivity index (χ1v) is 6.63. The van der Waals surface area contributed by atoms with Crippen molar-refractivity contribution in [1.29, 1.82) is 0 Å². The van der Waals surface area contributed by atoms with E-state index in [0.717, 1.165) is 22.5 Å². The molecule has 1 aliphatic rings. The molecule has 3 heterocycles. The first-order valence-electron chi connectivity index (χ1n) is 5.64. The number of hydrogen-bond acceptors (Lipinski definition) is 5. The number of hydrogen-bond donors (Lipinski definition) is 1. The van der Waals surface area contributed by atoms with Gasteiger partial charge in [-0.15, -0.1) is 10.2 Å². The standard InChI is InChI=1S/C11H14N4OS/c1-7(2)8-6-17-11-13-12-10(15(11)14-8)9-4-3-5-16-9/h3-5,7-8,14H,6H2,1-2H3. The summed E-state index contributed by atoms with van der Waals surface area (Å²) in [4.78, 5) is 0. The van der Waals surface area contributed by atoms with Crippen molar-refractivity contribution in [3.63, 3.8) is 0 Å². The zero-order valence-electron chi connectivity index (χ0n) is 9.75. The minimum Gasteiger partial charge on any atom is -0.461 e. The number of thioether (sulfide) groups is 1. The molecule has 1 aliphatic heterocycles. The van der Waals surface area contributed by atoms with Crippen LogP contribution in [0.15, 0.2) is 28.0 Å². The highest BCUT2D eigenvalue weighted by atomic mass is 32.2. The summed E-state index contributed by atoms with van der Waals surface area (Å²) in [7, 11) is 0. The van der Waals surface area contributed by atoms with Gasteiger partial charge in [0, 0.05) is 5.75 Å². The molecule has 2 aromatic rings. The molecule has 0 amide bonds. The Bertz CT molecular complexity index is 506. The van der Waals surface area contributed by atoms with Gasteiger partial charge in [0.1, 0.15) is 0 Å². The van der Waals surface area contributed by atoms with Gasteiger partial charge in [-0.2, -0.15) is 0 Å². The molecule has 2 aromatic heterocycles. The van der Waals surface area contributed by atoms with Crippen LogP contribution < -0.4 is 5.43 Å². The third-order valence-corrected chi connectivity index (χ3v) is 3.91. The first kappa shape index (κ1) is 10.7. The molecule has 1 unspecified atom stereocenters. The summed E-state index contributed by atoms with van der Waals surface area (Å²) < 4.78 is 7.30. The topological polar surface area (TPSA) is 55.9 Å². The lowest BCUT2D eigenvalue weighted by Crippen LogP contribution is -2.38. The minimum absolute atomic E-state index is 0.428. The summed E-state index contributed by atoms with van der Waals surface area (Å²) in [5, 5.41) is 9.23. The molecule has 0 saturated heterocycles. The second-order valence-electron chi connectivity index (χ2n) is 4.41. The van der Waals surface area contributed by atoms with E-state index in [1.54, 1.807) is 18.0 Å². The fourth-order valence-corrected chi connectivity index (χ4v) is 2.91. The van der Waals surface area contributed by atoms with Crippen LogP contribution >= 0.6 is 11.8 Å². The summed E-state index contributed by atoms with van der Waals surface area (Å²) in [6.45, 7) is 4.42. The van der Waals surface area contributed by atoms with E-state index in [1.807, 2.05) is 16.8 Å². The summed E-state index contributed by atoms with van der Waals surface area (Å²) in [5.74, 6) is 3.07. The van der Waals surface area contributed by atoms with Crippen LogP contribution in [-0.2, 0) is 0 Å². The van der Waals surface area contributed by atoms with Crippen molar-refractivity contribution in [3.8, 4) is 11.6 Å². The molecule has 0 aromatic carbocycles. The molecule has 90 valence electrons. The molecular formula is C11H14N4OS.